The molecule has 3 aliphatic rings. The summed E-state index contributed by atoms with van der Waals surface area (Å²) in [6.07, 6.45) is -2.59. The fourth-order valence-electron chi connectivity index (χ4n) is 4.81. The second-order valence-electron chi connectivity index (χ2n) is 8.02. The number of para-hydroxylation sites is 1. The molecule has 2 aromatic rings. The Hall–Kier alpha value is -1.64. The van der Waals surface area contributed by atoms with E-state index in [-0.39, 0.29) is 18.8 Å². The summed E-state index contributed by atoms with van der Waals surface area (Å²) < 4.78 is 53.0. The highest BCUT2D eigenvalue weighted by atomic mass is 35.5. The van der Waals surface area contributed by atoms with Gasteiger partial charge in [-0.1, -0.05) is 18.2 Å². The SMILES string of the molecule is FC(F)(F)C1CCC(c2nnc3n2-c2ccccc2CC2(OCCO2)C3Cl)CC1. The van der Waals surface area contributed by atoms with Gasteiger partial charge in [-0.05, 0) is 37.3 Å². The van der Waals surface area contributed by atoms with Gasteiger partial charge in [-0.25, -0.2) is 0 Å². The number of halogens is 4. The summed E-state index contributed by atoms with van der Waals surface area (Å²) in [5.74, 6) is -1.14. The summed E-state index contributed by atoms with van der Waals surface area (Å²) in [6, 6.07) is 7.81. The predicted octanol–water partition coefficient (Wildman–Crippen LogP) is 4.68. The third kappa shape index (κ3) is 3.16. The highest BCUT2D eigenvalue weighted by molar-refractivity contribution is 6.21. The number of ether oxygens (including phenoxy) is 2. The Labute approximate surface area is 171 Å². The maximum absolute atomic E-state index is 13.1. The Kier molecular flexibility index (Phi) is 4.64. The van der Waals surface area contributed by atoms with Crippen molar-refractivity contribution in [2.75, 3.05) is 13.2 Å². The quantitative estimate of drug-likeness (QED) is 0.620. The summed E-state index contributed by atoms with van der Waals surface area (Å²) in [5, 5.41) is 8.07. The number of hydrogen-bond donors (Lipinski definition) is 0. The van der Waals surface area contributed by atoms with Crippen LogP contribution in [0.1, 0.15) is 54.2 Å². The van der Waals surface area contributed by atoms with Crippen LogP contribution in [0.15, 0.2) is 24.3 Å². The van der Waals surface area contributed by atoms with Gasteiger partial charge in [-0.15, -0.1) is 21.8 Å². The summed E-state index contributed by atoms with van der Waals surface area (Å²) in [5.41, 5.74) is 1.88. The van der Waals surface area contributed by atoms with Gasteiger partial charge in [0.2, 0.25) is 0 Å². The van der Waals surface area contributed by atoms with Crippen molar-refractivity contribution in [1.29, 1.82) is 0 Å². The van der Waals surface area contributed by atoms with E-state index in [2.05, 4.69) is 10.2 Å². The molecule has 0 radical (unpaired) electrons. The first-order valence-electron chi connectivity index (χ1n) is 9.91. The molecule has 1 aliphatic carbocycles. The van der Waals surface area contributed by atoms with Gasteiger partial charge in [0.25, 0.3) is 0 Å². The number of alkyl halides is 4. The number of nitrogens with zero attached hydrogens (tertiary/aromatic N) is 3. The lowest BCUT2D eigenvalue weighted by molar-refractivity contribution is -0.182. The Balaban J connectivity index is 1.55. The maximum atomic E-state index is 13.1. The van der Waals surface area contributed by atoms with Crippen molar-refractivity contribution in [3.63, 3.8) is 0 Å². The Morgan fingerprint density at radius 3 is 2.34 bits per heavy atom. The largest absolute Gasteiger partial charge is 0.391 e. The second-order valence-corrected chi connectivity index (χ2v) is 8.46. The van der Waals surface area contributed by atoms with E-state index in [0.29, 0.717) is 44.1 Å². The van der Waals surface area contributed by atoms with Gasteiger partial charge in [0.15, 0.2) is 11.6 Å². The van der Waals surface area contributed by atoms with Gasteiger partial charge in [-0.3, -0.25) is 4.57 Å². The molecule has 9 heteroatoms. The van der Waals surface area contributed by atoms with Crippen LogP contribution in [0, 0.1) is 5.92 Å². The molecule has 1 aromatic heterocycles. The standard InChI is InChI=1S/C20H21ClF3N3O2/c21-16-18-26-25-17(12-5-7-14(8-6-12)20(22,23)24)27(18)15-4-2-1-3-13(15)11-19(16)28-9-10-29-19/h1-4,12,14,16H,5-11H2. The Bertz CT molecular complexity index is 903. The van der Waals surface area contributed by atoms with Gasteiger partial charge >= 0.3 is 6.18 Å². The second kappa shape index (κ2) is 6.96. The molecule has 0 N–H and O–H groups in total. The van der Waals surface area contributed by atoms with Crippen LogP contribution >= 0.6 is 11.6 Å². The van der Waals surface area contributed by atoms with E-state index < -0.39 is 23.3 Å². The first-order chi connectivity index (χ1) is 13.9. The molecule has 5 nitrogen and oxygen atoms in total. The average molecular weight is 428 g/mol. The van der Waals surface area contributed by atoms with Crippen molar-refractivity contribution < 1.29 is 22.6 Å². The molecule has 0 bridgehead atoms. The summed E-state index contributed by atoms with van der Waals surface area (Å²) >= 11 is 6.82. The van der Waals surface area contributed by atoms with E-state index in [1.807, 2.05) is 28.8 Å². The maximum Gasteiger partial charge on any atom is 0.391 e. The van der Waals surface area contributed by atoms with E-state index in [1.54, 1.807) is 0 Å². The number of rotatable bonds is 1. The molecule has 0 amide bonds. The molecule has 3 heterocycles. The molecule has 1 unspecified atom stereocenters. The fraction of sp³-hybridized carbons (Fsp3) is 0.600. The number of aromatic nitrogens is 3. The molecule has 1 saturated heterocycles. The molecule has 2 aliphatic heterocycles. The van der Waals surface area contributed by atoms with Gasteiger partial charge in [0, 0.05) is 12.3 Å². The van der Waals surface area contributed by atoms with Gasteiger partial charge < -0.3 is 9.47 Å². The minimum Gasteiger partial charge on any atom is -0.345 e. The lowest BCUT2D eigenvalue weighted by atomic mass is 9.81. The predicted molar refractivity (Wildman–Crippen MR) is 99.0 cm³/mol. The third-order valence-electron chi connectivity index (χ3n) is 6.33. The van der Waals surface area contributed by atoms with Gasteiger partial charge in [0.05, 0.1) is 24.8 Å². The number of fused-ring (bicyclic) bond motifs is 3. The van der Waals surface area contributed by atoms with Crippen LogP contribution in [0.4, 0.5) is 13.2 Å². The summed E-state index contributed by atoms with van der Waals surface area (Å²) in [7, 11) is 0. The van der Waals surface area contributed by atoms with Crippen molar-refractivity contribution in [2.45, 2.75) is 55.4 Å². The van der Waals surface area contributed by atoms with Crippen molar-refractivity contribution in [2.24, 2.45) is 5.92 Å². The van der Waals surface area contributed by atoms with E-state index in [0.717, 1.165) is 11.3 Å². The van der Waals surface area contributed by atoms with Crippen LogP contribution in [-0.2, 0) is 15.9 Å². The van der Waals surface area contributed by atoms with Crippen molar-refractivity contribution in [3.8, 4) is 5.69 Å². The van der Waals surface area contributed by atoms with E-state index in [9.17, 15) is 13.2 Å². The minimum absolute atomic E-state index is 0.0914. The molecular weight excluding hydrogens is 407 g/mol. The molecule has 156 valence electrons. The van der Waals surface area contributed by atoms with Crippen LogP contribution in [0.5, 0.6) is 0 Å². The molecule has 29 heavy (non-hydrogen) atoms. The minimum atomic E-state index is -4.13. The van der Waals surface area contributed by atoms with Crippen molar-refractivity contribution in [1.82, 2.24) is 14.8 Å². The highest BCUT2D eigenvalue weighted by Crippen LogP contribution is 2.47. The summed E-state index contributed by atoms with van der Waals surface area (Å²) in [4.78, 5) is 0. The molecule has 1 atom stereocenters. The third-order valence-corrected chi connectivity index (χ3v) is 6.85. The van der Waals surface area contributed by atoms with E-state index in [1.165, 1.54) is 0 Å². The Morgan fingerprint density at radius 1 is 1.00 bits per heavy atom. The zero-order chi connectivity index (χ0) is 20.2. The zero-order valence-electron chi connectivity index (χ0n) is 15.7. The first kappa shape index (κ1) is 19.3. The van der Waals surface area contributed by atoms with Crippen LogP contribution in [0.2, 0.25) is 0 Å². The van der Waals surface area contributed by atoms with Gasteiger partial charge in [0.1, 0.15) is 11.2 Å². The monoisotopic (exact) mass is 427 g/mol. The van der Waals surface area contributed by atoms with Crippen LogP contribution in [-0.4, -0.2) is 39.9 Å². The van der Waals surface area contributed by atoms with Crippen molar-refractivity contribution >= 4 is 11.6 Å². The van der Waals surface area contributed by atoms with E-state index >= 15 is 0 Å². The summed E-state index contributed by atoms with van der Waals surface area (Å²) in [6.45, 7) is 0.904. The van der Waals surface area contributed by atoms with Crippen LogP contribution in [0.25, 0.3) is 5.69 Å². The fourth-order valence-corrected chi connectivity index (χ4v) is 5.16. The number of benzene rings is 1. The normalized spacial score (nSPS) is 28.8. The molecule has 2 fully saturated rings. The smallest absolute Gasteiger partial charge is 0.345 e. The lowest BCUT2D eigenvalue weighted by Gasteiger charge is -2.30. The zero-order valence-corrected chi connectivity index (χ0v) is 16.4. The van der Waals surface area contributed by atoms with Gasteiger partial charge in [-0.2, -0.15) is 13.2 Å². The molecule has 1 spiro atoms. The Morgan fingerprint density at radius 2 is 1.66 bits per heavy atom. The molecular formula is C20H21ClF3N3O2. The first-order valence-corrected chi connectivity index (χ1v) is 10.3. The average Bonchev–Trinajstić information content (AvgIpc) is 3.33. The molecule has 1 saturated carbocycles. The van der Waals surface area contributed by atoms with E-state index in [4.69, 9.17) is 21.1 Å². The van der Waals surface area contributed by atoms with Crippen LogP contribution in [0.3, 0.4) is 0 Å². The highest BCUT2D eigenvalue weighted by Gasteiger charge is 2.50. The van der Waals surface area contributed by atoms with Crippen LogP contribution < -0.4 is 0 Å². The molecule has 1 aromatic carbocycles. The lowest BCUT2D eigenvalue weighted by Crippen LogP contribution is -2.37. The van der Waals surface area contributed by atoms with Crippen molar-refractivity contribution in [3.05, 3.63) is 41.5 Å². The number of hydrogen-bond acceptors (Lipinski definition) is 4. The topological polar surface area (TPSA) is 49.2 Å². The molecule has 5 rings (SSSR count).